The Kier molecular flexibility index (Phi) is 7.61. The fourth-order valence-electron chi connectivity index (χ4n) is 2.16. The van der Waals surface area contributed by atoms with Crippen LogP contribution in [0.4, 0.5) is 4.39 Å². The second-order valence-corrected chi connectivity index (χ2v) is 5.98. The number of halogens is 1. The third kappa shape index (κ3) is 6.45. The largest absolute Gasteiger partial charge is 0.478 e. The summed E-state index contributed by atoms with van der Waals surface area (Å²) in [4.78, 5) is 23.5. The molecule has 1 heterocycles. The third-order valence-corrected chi connectivity index (χ3v) is 3.68. The highest BCUT2D eigenvalue weighted by Gasteiger charge is 2.31. The van der Waals surface area contributed by atoms with Gasteiger partial charge in [-0.25, -0.2) is 14.0 Å². The summed E-state index contributed by atoms with van der Waals surface area (Å²) in [5, 5.41) is 15.6. The maximum Gasteiger partial charge on any atom is 0.328 e. The Morgan fingerprint density at radius 1 is 1.12 bits per heavy atom. The minimum Gasteiger partial charge on any atom is -0.478 e. The molecule has 6 nitrogen and oxygen atoms in total. The zero-order valence-corrected chi connectivity index (χ0v) is 14.5. The molecule has 1 unspecified atom stereocenters. The van der Waals surface area contributed by atoms with Crippen molar-refractivity contribution in [3.8, 4) is 0 Å². The van der Waals surface area contributed by atoms with Gasteiger partial charge in [0.2, 0.25) is 0 Å². The van der Waals surface area contributed by atoms with Crippen LogP contribution in [0, 0.1) is 5.82 Å². The molecule has 0 bridgehead atoms. The maximum absolute atomic E-state index is 13.2. The van der Waals surface area contributed by atoms with Crippen molar-refractivity contribution in [1.82, 2.24) is 4.98 Å². The molecule has 0 radical (unpaired) electrons. The van der Waals surface area contributed by atoms with E-state index in [4.69, 9.17) is 15.9 Å². The van der Waals surface area contributed by atoms with Gasteiger partial charge in [0, 0.05) is 35.5 Å². The molecule has 7 heteroatoms. The number of benzene rings is 1. The Morgan fingerprint density at radius 2 is 1.73 bits per heavy atom. The van der Waals surface area contributed by atoms with Gasteiger partial charge in [-0.3, -0.25) is 4.98 Å². The molecule has 4 N–H and O–H groups in total. The molecule has 0 aliphatic heterocycles. The van der Waals surface area contributed by atoms with E-state index in [-0.39, 0.29) is 17.3 Å². The molecular weight excluding hydrogens is 339 g/mol. The molecule has 0 saturated heterocycles. The number of aromatic nitrogens is 1. The molecule has 1 atom stereocenters. The number of pyridine rings is 1. The van der Waals surface area contributed by atoms with Crippen LogP contribution in [0.5, 0.6) is 0 Å². The van der Waals surface area contributed by atoms with E-state index in [1.165, 1.54) is 12.1 Å². The van der Waals surface area contributed by atoms with E-state index in [2.05, 4.69) is 4.98 Å². The highest BCUT2D eigenvalue weighted by molar-refractivity contribution is 5.89. The molecular formula is C19H21FN2O4. The van der Waals surface area contributed by atoms with E-state index in [1.807, 2.05) is 38.1 Å². The first-order valence-electron chi connectivity index (χ1n) is 7.71. The van der Waals surface area contributed by atoms with E-state index in [0.29, 0.717) is 12.2 Å². The summed E-state index contributed by atoms with van der Waals surface area (Å²) in [5.41, 5.74) is 7.60. The molecule has 0 spiro atoms. The number of nitrogens with zero attached hydrogens (tertiary/aromatic N) is 1. The minimum absolute atomic E-state index is 0.264. The number of hydrogen-bond acceptors (Lipinski definition) is 4. The highest BCUT2D eigenvalue weighted by atomic mass is 19.1. The molecule has 2 rings (SSSR count). The van der Waals surface area contributed by atoms with E-state index in [0.717, 1.165) is 11.3 Å². The van der Waals surface area contributed by atoms with E-state index < -0.39 is 11.9 Å². The number of carbonyl (C=O) groups is 2. The molecule has 2 aromatic rings. The van der Waals surface area contributed by atoms with Gasteiger partial charge in [0.1, 0.15) is 5.82 Å². The van der Waals surface area contributed by atoms with Gasteiger partial charge < -0.3 is 15.9 Å². The lowest BCUT2D eigenvalue weighted by molar-refractivity contribution is -0.134. The number of carboxylic acid groups (broad SMARTS) is 2. The fourth-order valence-corrected chi connectivity index (χ4v) is 2.16. The first kappa shape index (κ1) is 21.0. The Morgan fingerprint density at radius 3 is 2.19 bits per heavy atom. The smallest absolute Gasteiger partial charge is 0.328 e. The monoisotopic (exact) mass is 360 g/mol. The van der Waals surface area contributed by atoms with Gasteiger partial charge in [0.15, 0.2) is 0 Å². The van der Waals surface area contributed by atoms with Crippen molar-refractivity contribution in [2.45, 2.75) is 25.3 Å². The summed E-state index contributed by atoms with van der Waals surface area (Å²) in [6, 6.07) is 11.9. The van der Waals surface area contributed by atoms with Gasteiger partial charge in [-0.2, -0.15) is 0 Å². The Bertz CT molecular complexity index is 760. The zero-order chi connectivity index (χ0) is 19.7. The Balaban J connectivity index is 0.000000359. The van der Waals surface area contributed by atoms with Crippen LogP contribution in [0.1, 0.15) is 31.1 Å². The second-order valence-electron chi connectivity index (χ2n) is 5.98. The van der Waals surface area contributed by atoms with E-state index in [1.54, 1.807) is 12.3 Å². The fraction of sp³-hybridized carbons (Fsp3) is 0.211. The first-order valence-corrected chi connectivity index (χ1v) is 7.71. The summed E-state index contributed by atoms with van der Waals surface area (Å²) in [6.07, 6.45) is 2.86. The predicted molar refractivity (Wildman–Crippen MR) is 95.0 cm³/mol. The van der Waals surface area contributed by atoms with Crippen LogP contribution in [0.2, 0.25) is 0 Å². The van der Waals surface area contributed by atoms with Crippen LogP contribution in [0.15, 0.2) is 60.8 Å². The average Bonchev–Trinajstić information content (AvgIpc) is 2.60. The van der Waals surface area contributed by atoms with Gasteiger partial charge >= 0.3 is 11.9 Å². The predicted octanol–water partition coefficient (Wildman–Crippen LogP) is 2.91. The summed E-state index contributed by atoms with van der Waals surface area (Å²) in [7, 11) is 0. The first-order chi connectivity index (χ1) is 12.1. The molecule has 1 aromatic heterocycles. The second kappa shape index (κ2) is 9.43. The summed E-state index contributed by atoms with van der Waals surface area (Å²) in [6.45, 7) is 4.04. The number of aliphatic carboxylic acids is 2. The van der Waals surface area contributed by atoms with Crippen molar-refractivity contribution in [3.05, 3.63) is 77.9 Å². The van der Waals surface area contributed by atoms with Crippen molar-refractivity contribution >= 4 is 11.9 Å². The molecule has 0 fully saturated rings. The quantitative estimate of drug-likeness (QED) is 0.707. The SMILES string of the molecule is CC(C)(c1ccccn1)C(N)c1cccc(F)c1.O=C(O)C=CC(=O)O. The van der Waals surface area contributed by atoms with Crippen LogP contribution in [-0.2, 0) is 15.0 Å². The summed E-state index contributed by atoms with van der Waals surface area (Å²) in [5.74, 6) is -2.78. The zero-order valence-electron chi connectivity index (χ0n) is 14.5. The summed E-state index contributed by atoms with van der Waals surface area (Å²) >= 11 is 0. The van der Waals surface area contributed by atoms with Crippen LogP contribution in [0.3, 0.4) is 0 Å². The van der Waals surface area contributed by atoms with Crippen molar-refractivity contribution in [3.63, 3.8) is 0 Å². The standard InChI is InChI=1S/C15H17FN2.C4H4O4/c1-15(2,13-8-3-4-9-18-13)14(17)11-6-5-7-12(16)10-11;5-3(6)1-2-4(7)8/h3-10,14H,17H2,1-2H3;1-2H,(H,5,6)(H,7,8). The van der Waals surface area contributed by atoms with E-state index >= 15 is 0 Å². The number of rotatable bonds is 5. The lowest BCUT2D eigenvalue weighted by Crippen LogP contribution is -2.34. The molecule has 138 valence electrons. The molecule has 0 saturated carbocycles. The van der Waals surface area contributed by atoms with Crippen LogP contribution < -0.4 is 5.73 Å². The number of nitrogens with two attached hydrogens (primary N) is 1. The van der Waals surface area contributed by atoms with Crippen LogP contribution >= 0.6 is 0 Å². The minimum atomic E-state index is -1.26. The number of hydrogen-bond donors (Lipinski definition) is 3. The number of carboxylic acids is 2. The highest BCUT2D eigenvalue weighted by Crippen LogP contribution is 2.33. The van der Waals surface area contributed by atoms with Gasteiger partial charge in [0.05, 0.1) is 0 Å². The van der Waals surface area contributed by atoms with Crippen molar-refractivity contribution in [2.24, 2.45) is 5.73 Å². The Labute approximate surface area is 150 Å². The van der Waals surface area contributed by atoms with Gasteiger partial charge in [-0.05, 0) is 29.8 Å². The lowest BCUT2D eigenvalue weighted by atomic mass is 9.78. The van der Waals surface area contributed by atoms with Gasteiger partial charge in [0.25, 0.3) is 0 Å². The molecule has 0 aliphatic rings. The van der Waals surface area contributed by atoms with Crippen molar-refractivity contribution in [2.75, 3.05) is 0 Å². The van der Waals surface area contributed by atoms with Crippen LogP contribution in [-0.4, -0.2) is 27.1 Å². The lowest BCUT2D eigenvalue weighted by Gasteiger charge is -2.31. The molecule has 0 aliphatic carbocycles. The Hall–Kier alpha value is -3.06. The van der Waals surface area contributed by atoms with E-state index in [9.17, 15) is 14.0 Å². The molecule has 26 heavy (non-hydrogen) atoms. The van der Waals surface area contributed by atoms with Crippen molar-refractivity contribution < 1.29 is 24.2 Å². The molecule has 1 aromatic carbocycles. The average molecular weight is 360 g/mol. The normalized spacial score (nSPS) is 12.2. The van der Waals surface area contributed by atoms with Crippen molar-refractivity contribution in [1.29, 1.82) is 0 Å². The topological polar surface area (TPSA) is 114 Å². The van der Waals surface area contributed by atoms with Crippen LogP contribution in [0.25, 0.3) is 0 Å². The maximum atomic E-state index is 13.2. The van der Waals surface area contributed by atoms with Gasteiger partial charge in [-0.15, -0.1) is 0 Å². The molecule has 0 amide bonds. The third-order valence-electron chi connectivity index (χ3n) is 3.68. The van der Waals surface area contributed by atoms with Gasteiger partial charge in [-0.1, -0.05) is 32.0 Å². The summed E-state index contributed by atoms with van der Waals surface area (Å²) < 4.78 is 13.2.